The van der Waals surface area contributed by atoms with E-state index in [1.807, 2.05) is 0 Å². The summed E-state index contributed by atoms with van der Waals surface area (Å²) in [5.41, 5.74) is -4.70. The van der Waals surface area contributed by atoms with Crippen LogP contribution in [0.15, 0.2) is 94.3 Å². The first-order valence-corrected chi connectivity index (χ1v) is 17.7. The number of hydrogen-bond donors (Lipinski definition) is 2. The van der Waals surface area contributed by atoms with Gasteiger partial charge in [-0.25, -0.2) is 8.42 Å². The molecule has 2 N–H and O–H groups in total. The van der Waals surface area contributed by atoms with Crippen LogP contribution in [-0.2, 0) is 53.5 Å². The van der Waals surface area contributed by atoms with Crippen molar-refractivity contribution in [3.8, 4) is 0 Å². The van der Waals surface area contributed by atoms with Gasteiger partial charge in [0, 0.05) is 23.1 Å². The lowest BCUT2D eigenvalue weighted by Crippen LogP contribution is -2.30. The van der Waals surface area contributed by atoms with Crippen LogP contribution in [0.1, 0.15) is 22.3 Å². The van der Waals surface area contributed by atoms with Gasteiger partial charge in [0.15, 0.2) is 0 Å². The number of nitrogens with zero attached hydrogens (tertiary/aromatic N) is 1. The van der Waals surface area contributed by atoms with Crippen molar-refractivity contribution in [3.05, 3.63) is 112 Å². The molecule has 4 aromatic rings. The number of sulfonamides is 1. The Kier molecular flexibility index (Phi) is 10.0. The van der Waals surface area contributed by atoms with Gasteiger partial charge in [0.2, 0.25) is 10.0 Å². The molecule has 0 atom stereocenters. The standard InChI is InChI=1S/C26H22BrF4NO8P2S/c27-25-13-20(9-12-24(25)26(28,29)42(34,35)36)16-32(15-18-5-7-19(8-6-18)17-41(33,39-30)40-31)43(37,38)23-11-10-21-3-1-2-4-22(21)14-23/h1-14H,15-17H2,(H2,34,35,36). The third-order valence-electron chi connectivity index (χ3n) is 6.41. The summed E-state index contributed by atoms with van der Waals surface area (Å²) in [5, 5.41) is 1.44. The minimum absolute atomic E-state index is 0.0623. The molecule has 0 fully saturated rings. The van der Waals surface area contributed by atoms with E-state index in [0.29, 0.717) is 10.9 Å². The molecule has 0 spiro atoms. The second kappa shape index (κ2) is 12.9. The lowest BCUT2D eigenvalue weighted by molar-refractivity contribution is -0.0881. The summed E-state index contributed by atoms with van der Waals surface area (Å²) in [6.45, 7) is -0.609. The summed E-state index contributed by atoms with van der Waals surface area (Å²) < 4.78 is 111. The monoisotopic (exact) mass is 725 g/mol. The predicted octanol–water partition coefficient (Wildman–Crippen LogP) is 7.72. The molecule has 0 heterocycles. The van der Waals surface area contributed by atoms with Gasteiger partial charge in [-0.15, -0.1) is 9.46 Å². The lowest BCUT2D eigenvalue weighted by atomic mass is 10.1. The van der Waals surface area contributed by atoms with Crippen LogP contribution in [0, 0.1) is 0 Å². The molecule has 0 aliphatic heterocycles. The number of benzene rings is 4. The summed E-state index contributed by atoms with van der Waals surface area (Å²) in [6.07, 6.45) is -0.737. The zero-order chi connectivity index (χ0) is 31.6. The van der Waals surface area contributed by atoms with Gasteiger partial charge in [-0.3, -0.25) is 9.13 Å². The highest BCUT2D eigenvalue weighted by Gasteiger charge is 2.51. The van der Waals surface area contributed by atoms with Gasteiger partial charge in [-0.05, 0) is 54.7 Å². The van der Waals surface area contributed by atoms with E-state index in [2.05, 4.69) is 25.4 Å². The average molecular weight is 726 g/mol. The van der Waals surface area contributed by atoms with Crippen LogP contribution in [0.3, 0.4) is 0 Å². The summed E-state index contributed by atoms with van der Waals surface area (Å²) in [6, 6.07) is 20.2. The number of hydrogen-bond acceptors (Lipinski definition) is 6. The first-order chi connectivity index (χ1) is 20.1. The zero-order valence-electron chi connectivity index (χ0n) is 21.7. The van der Waals surface area contributed by atoms with Crippen molar-refractivity contribution in [1.82, 2.24) is 4.31 Å². The van der Waals surface area contributed by atoms with Gasteiger partial charge in [-0.2, -0.15) is 13.1 Å². The molecular formula is C26H22BrF4NO8P2S. The summed E-state index contributed by atoms with van der Waals surface area (Å²) in [5.74, 6) is 0. The normalized spacial score (nSPS) is 13.1. The maximum Gasteiger partial charge on any atom is 0.399 e. The fourth-order valence-corrected chi connectivity index (χ4v) is 7.77. The topological polar surface area (TPSA) is 130 Å². The van der Waals surface area contributed by atoms with Crippen LogP contribution in [0.2, 0.25) is 0 Å². The van der Waals surface area contributed by atoms with Gasteiger partial charge in [-0.1, -0.05) is 82.7 Å². The fourth-order valence-electron chi connectivity index (χ4n) is 4.20. The molecule has 0 unspecified atom stereocenters. The SMILES string of the molecule is O=P(Cc1ccc(CN(Cc2ccc(C(F)(F)P(=O)(O)O)c(Br)c2)S(=O)(=O)c2ccc3ccccc3c2)cc1)(OF)OF. The molecule has 0 aliphatic carbocycles. The van der Waals surface area contributed by atoms with Crippen LogP contribution in [0.4, 0.5) is 17.8 Å². The first-order valence-electron chi connectivity index (χ1n) is 12.1. The zero-order valence-corrected chi connectivity index (χ0v) is 25.9. The second-order valence-corrected chi connectivity index (χ2v) is 15.7. The second-order valence-electron chi connectivity index (χ2n) is 9.41. The number of alkyl halides is 2. The summed E-state index contributed by atoms with van der Waals surface area (Å²) in [7, 11) is -14.8. The third-order valence-corrected chi connectivity index (χ3v) is 11.0. The van der Waals surface area contributed by atoms with E-state index in [1.54, 1.807) is 30.3 Å². The number of rotatable bonds is 12. The van der Waals surface area contributed by atoms with Crippen LogP contribution in [0.25, 0.3) is 10.8 Å². The van der Waals surface area contributed by atoms with Crippen LogP contribution in [0.5, 0.6) is 0 Å². The molecule has 0 bridgehead atoms. The van der Waals surface area contributed by atoms with E-state index >= 15 is 0 Å². The van der Waals surface area contributed by atoms with Crippen molar-refractivity contribution in [3.63, 3.8) is 0 Å². The Morgan fingerprint density at radius 1 is 0.791 bits per heavy atom. The Labute approximate surface area is 251 Å². The summed E-state index contributed by atoms with van der Waals surface area (Å²) >= 11 is 2.91. The molecule has 4 rings (SSSR count). The average Bonchev–Trinajstić information content (AvgIpc) is 2.96. The summed E-state index contributed by atoms with van der Waals surface area (Å²) in [4.78, 5) is 18.2. The fraction of sp³-hybridized carbons (Fsp3) is 0.154. The quantitative estimate of drug-likeness (QED) is 0.112. The molecule has 0 saturated carbocycles. The van der Waals surface area contributed by atoms with E-state index in [-0.39, 0.29) is 33.6 Å². The molecule has 0 aliphatic rings. The Balaban J connectivity index is 1.71. The molecule has 9 nitrogen and oxygen atoms in total. The minimum atomic E-state index is -5.86. The van der Waals surface area contributed by atoms with Crippen molar-refractivity contribution >= 4 is 51.9 Å². The number of fused-ring (bicyclic) bond motifs is 1. The molecule has 4 aromatic carbocycles. The Hall–Kier alpha value is -2.45. The Morgan fingerprint density at radius 2 is 1.35 bits per heavy atom. The van der Waals surface area contributed by atoms with Gasteiger partial charge in [0.1, 0.15) is 0 Å². The van der Waals surface area contributed by atoms with Gasteiger partial charge >= 0.3 is 20.9 Å². The van der Waals surface area contributed by atoms with Crippen molar-refractivity contribution in [2.75, 3.05) is 0 Å². The van der Waals surface area contributed by atoms with E-state index < -0.39 is 42.6 Å². The number of halogens is 5. The smallest absolute Gasteiger partial charge is 0.320 e. The molecule has 43 heavy (non-hydrogen) atoms. The van der Waals surface area contributed by atoms with Crippen molar-refractivity contribution in [2.45, 2.75) is 29.8 Å². The maximum absolute atomic E-state index is 14.4. The van der Waals surface area contributed by atoms with E-state index in [0.717, 1.165) is 27.9 Å². The maximum atomic E-state index is 14.4. The molecule has 17 heteroatoms. The molecule has 0 saturated heterocycles. The highest BCUT2D eigenvalue weighted by atomic mass is 79.9. The highest BCUT2D eigenvalue weighted by Crippen LogP contribution is 2.60. The van der Waals surface area contributed by atoms with E-state index in [1.165, 1.54) is 36.4 Å². The molecule has 230 valence electrons. The predicted molar refractivity (Wildman–Crippen MR) is 153 cm³/mol. The van der Waals surface area contributed by atoms with E-state index in [9.17, 15) is 35.4 Å². The van der Waals surface area contributed by atoms with Gasteiger partial charge < -0.3 is 9.79 Å². The molecule has 0 radical (unpaired) electrons. The van der Waals surface area contributed by atoms with Crippen LogP contribution >= 0.6 is 31.1 Å². The minimum Gasteiger partial charge on any atom is -0.320 e. The third kappa shape index (κ3) is 7.44. The van der Waals surface area contributed by atoms with Crippen molar-refractivity contribution < 1.29 is 54.6 Å². The molecule has 0 amide bonds. The highest BCUT2D eigenvalue weighted by molar-refractivity contribution is 9.10. The lowest BCUT2D eigenvalue weighted by Gasteiger charge is -2.24. The van der Waals surface area contributed by atoms with Crippen molar-refractivity contribution in [1.29, 1.82) is 0 Å². The molecule has 0 aromatic heterocycles. The molecular weight excluding hydrogens is 704 g/mol. The Morgan fingerprint density at radius 3 is 1.93 bits per heavy atom. The van der Waals surface area contributed by atoms with Gasteiger partial charge in [0.25, 0.3) is 0 Å². The van der Waals surface area contributed by atoms with E-state index in [4.69, 9.17) is 9.79 Å². The van der Waals surface area contributed by atoms with Crippen molar-refractivity contribution in [2.24, 2.45) is 0 Å². The van der Waals surface area contributed by atoms with Crippen LogP contribution < -0.4 is 0 Å². The largest absolute Gasteiger partial charge is 0.399 e. The Bertz CT molecular complexity index is 1830. The van der Waals surface area contributed by atoms with Crippen LogP contribution in [-0.4, -0.2) is 22.5 Å². The van der Waals surface area contributed by atoms with Gasteiger partial charge in [0.05, 0.1) is 11.1 Å². The first kappa shape index (κ1) is 33.4.